The van der Waals surface area contributed by atoms with Crippen molar-refractivity contribution in [1.82, 2.24) is 39.5 Å². The van der Waals surface area contributed by atoms with Crippen LogP contribution in [0.5, 0.6) is 0 Å². The second kappa shape index (κ2) is 25.5. The van der Waals surface area contributed by atoms with E-state index in [0.717, 1.165) is 21.4 Å². The number of nitrogens with zero attached hydrogens (tertiary/aromatic N) is 9. The van der Waals surface area contributed by atoms with Crippen molar-refractivity contribution < 1.29 is 47.8 Å². The molecule has 0 spiro atoms. The molecule has 0 radical (unpaired) electrons. The van der Waals surface area contributed by atoms with Crippen LogP contribution in [0, 0.1) is 0 Å². The minimum atomic E-state index is -0.776. The number of primary amides is 1. The average Bonchev–Trinajstić information content (AvgIpc) is 3.72. The maximum atomic E-state index is 14.5. The van der Waals surface area contributed by atoms with Gasteiger partial charge in [0, 0.05) is 79.8 Å². The summed E-state index contributed by atoms with van der Waals surface area (Å²) in [5, 5.41) is 10.2. The molecule has 0 fully saturated rings. The first-order valence-electron chi connectivity index (χ1n) is 20.9. The molecular formula is C45H60N10O10. The molecular weight excluding hydrogens is 841 g/mol. The van der Waals surface area contributed by atoms with Crippen LogP contribution in [-0.2, 0) is 62.6 Å². The number of methoxy groups -OCH3 is 3. The van der Waals surface area contributed by atoms with Crippen molar-refractivity contribution in [3.8, 4) is 0 Å². The second-order valence-electron chi connectivity index (χ2n) is 15.5. The van der Waals surface area contributed by atoms with E-state index in [-0.39, 0.29) is 83.0 Å². The summed E-state index contributed by atoms with van der Waals surface area (Å²) in [6.07, 6.45) is 1.49. The Labute approximate surface area is 378 Å². The Kier molecular flexibility index (Phi) is 20.0. The Balaban J connectivity index is 1.61. The minimum absolute atomic E-state index is 0.000661. The molecule has 1 aromatic heterocycles. The molecule has 2 N–H and O–H groups in total. The molecule has 65 heavy (non-hydrogen) atoms. The van der Waals surface area contributed by atoms with Gasteiger partial charge in [0.1, 0.15) is 25.3 Å². The minimum Gasteiger partial charge on any atom is -0.383 e. The van der Waals surface area contributed by atoms with Crippen molar-refractivity contribution in [3.63, 3.8) is 0 Å². The number of carbonyl (C=O) groups excluding carboxylic acids is 7. The van der Waals surface area contributed by atoms with Gasteiger partial charge in [0.2, 0.25) is 35.4 Å². The number of hydrogen-bond acceptors (Lipinski definition) is 13. The molecule has 0 aliphatic rings. The molecule has 1 heterocycles. The Morgan fingerprint density at radius 3 is 1.69 bits per heavy atom. The molecule has 0 aliphatic heterocycles. The quantitative estimate of drug-likeness (QED) is 0.0814. The second-order valence-corrected chi connectivity index (χ2v) is 15.5. The molecule has 20 nitrogen and oxygen atoms in total. The van der Waals surface area contributed by atoms with Gasteiger partial charge in [0.05, 0.1) is 52.2 Å². The highest BCUT2D eigenvalue weighted by Gasteiger charge is 2.29. The van der Waals surface area contributed by atoms with E-state index in [4.69, 9.17) is 19.9 Å². The van der Waals surface area contributed by atoms with Crippen LogP contribution in [0.2, 0.25) is 0 Å². The lowest BCUT2D eigenvalue weighted by atomic mass is 10.0. The van der Waals surface area contributed by atoms with Crippen LogP contribution >= 0.6 is 0 Å². The molecule has 0 saturated heterocycles. The van der Waals surface area contributed by atoms with Crippen molar-refractivity contribution in [2.45, 2.75) is 26.6 Å². The number of fused-ring (bicyclic) bond motifs is 1. The van der Waals surface area contributed by atoms with Crippen LogP contribution in [0.25, 0.3) is 10.8 Å². The third-order valence-corrected chi connectivity index (χ3v) is 10.3. The lowest BCUT2D eigenvalue weighted by Gasteiger charge is -2.31. The molecule has 0 bridgehead atoms. The van der Waals surface area contributed by atoms with Crippen molar-refractivity contribution >= 4 is 57.7 Å². The number of rotatable bonds is 27. The van der Waals surface area contributed by atoms with Gasteiger partial charge in [-0.2, -0.15) is 0 Å². The number of anilines is 1. The van der Waals surface area contributed by atoms with Crippen LogP contribution < -0.4 is 10.6 Å². The van der Waals surface area contributed by atoms with Gasteiger partial charge < -0.3 is 49.3 Å². The summed E-state index contributed by atoms with van der Waals surface area (Å²) in [5.74, 6) is -3.80. The summed E-state index contributed by atoms with van der Waals surface area (Å²) >= 11 is 0. The first kappa shape index (κ1) is 50.9. The van der Waals surface area contributed by atoms with Crippen molar-refractivity contribution in [2.24, 2.45) is 5.73 Å². The number of carbonyl (C=O) groups is 7. The highest BCUT2D eigenvalue weighted by molar-refractivity contribution is 6.00. The van der Waals surface area contributed by atoms with E-state index in [1.54, 1.807) is 42.5 Å². The number of aromatic nitrogens is 3. The topological polar surface area (TPSA) is 223 Å². The summed E-state index contributed by atoms with van der Waals surface area (Å²) in [6.45, 7) is -0.941. The van der Waals surface area contributed by atoms with Crippen LogP contribution in [-0.4, -0.2) is 188 Å². The zero-order valence-corrected chi connectivity index (χ0v) is 38.0. The number of hydrogen-bond donors (Lipinski definition) is 1. The number of amides is 6. The standard InChI is InChI=1S/C45H60N10O10/c1-33(56)50(16-19-63-4)29-42(59)52(18-21-65-6)30-44(61)53(24-34-10-8-7-9-11-34)32-45(62)54(31-43(60)51(17-20-64-5)28-41(46)58)25-38-26-55(48-47-38)27-40(57)37-13-12-36-23-39(49(2)3)15-14-35(36)22-37/h7-15,22-23,26H,16-21,24-25,27-32H2,1-6H3,(H2,46,58). The molecule has 4 rings (SSSR count). The van der Waals surface area contributed by atoms with E-state index in [0.29, 0.717) is 11.1 Å². The lowest BCUT2D eigenvalue weighted by Crippen LogP contribution is -2.51. The molecule has 350 valence electrons. The predicted molar refractivity (Wildman–Crippen MR) is 240 cm³/mol. The summed E-state index contributed by atoms with van der Waals surface area (Å²) in [7, 11) is 8.25. The van der Waals surface area contributed by atoms with Crippen molar-refractivity contribution in [1.29, 1.82) is 0 Å². The van der Waals surface area contributed by atoms with Crippen LogP contribution in [0.4, 0.5) is 5.69 Å². The van der Waals surface area contributed by atoms with E-state index in [9.17, 15) is 33.6 Å². The van der Waals surface area contributed by atoms with Crippen LogP contribution in [0.1, 0.15) is 28.5 Å². The van der Waals surface area contributed by atoms with Gasteiger partial charge >= 0.3 is 0 Å². The number of benzene rings is 3. The molecule has 20 heteroatoms. The highest BCUT2D eigenvalue weighted by Crippen LogP contribution is 2.23. The summed E-state index contributed by atoms with van der Waals surface area (Å²) in [5.41, 5.74) is 7.86. The fourth-order valence-corrected chi connectivity index (χ4v) is 6.65. The molecule has 3 aromatic carbocycles. The Morgan fingerprint density at radius 1 is 0.615 bits per heavy atom. The van der Waals surface area contributed by atoms with E-state index in [1.165, 1.54) is 58.7 Å². The van der Waals surface area contributed by atoms with Gasteiger partial charge in [-0.25, -0.2) is 4.68 Å². The maximum absolute atomic E-state index is 14.5. The molecule has 0 unspecified atom stereocenters. The molecule has 4 aromatic rings. The van der Waals surface area contributed by atoms with Gasteiger partial charge in [-0.3, -0.25) is 33.6 Å². The lowest BCUT2D eigenvalue weighted by molar-refractivity contribution is -0.148. The Morgan fingerprint density at radius 2 is 1.12 bits per heavy atom. The zero-order valence-electron chi connectivity index (χ0n) is 38.0. The summed E-state index contributed by atoms with van der Waals surface area (Å²) < 4.78 is 16.8. The number of ketones is 1. The molecule has 0 saturated carbocycles. The Hall–Kier alpha value is -6.77. The zero-order chi connectivity index (χ0) is 47.5. The fourth-order valence-electron chi connectivity index (χ4n) is 6.65. The van der Waals surface area contributed by atoms with Gasteiger partial charge in [-0.05, 0) is 34.5 Å². The normalized spacial score (nSPS) is 10.9. The largest absolute Gasteiger partial charge is 0.383 e. The number of ether oxygens (including phenoxy) is 3. The van der Waals surface area contributed by atoms with Gasteiger partial charge in [-0.1, -0.05) is 53.7 Å². The fraction of sp³-hybridized carbons (Fsp3) is 0.444. The average molecular weight is 901 g/mol. The predicted octanol–water partition coefficient (Wildman–Crippen LogP) is 0.668. The first-order chi connectivity index (χ1) is 31.1. The smallest absolute Gasteiger partial charge is 0.243 e. The molecule has 0 atom stereocenters. The number of nitrogens with two attached hydrogens (primary N) is 1. The summed E-state index contributed by atoms with van der Waals surface area (Å²) in [6, 6.07) is 20.3. The third kappa shape index (κ3) is 16.1. The monoisotopic (exact) mass is 900 g/mol. The highest BCUT2D eigenvalue weighted by atomic mass is 16.5. The van der Waals surface area contributed by atoms with E-state index in [1.807, 2.05) is 43.3 Å². The van der Waals surface area contributed by atoms with E-state index in [2.05, 4.69) is 10.3 Å². The number of Topliss-reactive ketones (excluding diaryl/α,β-unsaturated/α-hetero) is 1. The maximum Gasteiger partial charge on any atom is 0.243 e. The summed E-state index contributed by atoms with van der Waals surface area (Å²) in [4.78, 5) is 102. The first-order valence-corrected chi connectivity index (χ1v) is 20.9. The molecule has 0 aliphatic carbocycles. The van der Waals surface area contributed by atoms with Crippen molar-refractivity contribution in [2.75, 3.05) is 113 Å². The SMILES string of the molecule is COCCN(CC(=O)N(CCOC)CC(=O)N(CC(=O)N(CC(=O)N(CCOC)CC(N)=O)Cc1cn(CC(=O)c2ccc3cc(N(C)C)ccc3c2)nn1)Cc1ccccc1)C(C)=O. The van der Waals surface area contributed by atoms with E-state index < -0.39 is 55.7 Å². The van der Waals surface area contributed by atoms with Crippen molar-refractivity contribution in [3.05, 3.63) is 89.7 Å². The van der Waals surface area contributed by atoms with Gasteiger partial charge in [0.15, 0.2) is 5.78 Å². The van der Waals surface area contributed by atoms with Crippen LogP contribution in [0.15, 0.2) is 72.9 Å². The molecule has 6 amide bonds. The van der Waals surface area contributed by atoms with Gasteiger partial charge in [-0.15, -0.1) is 5.10 Å². The Bertz CT molecular complexity index is 2250. The van der Waals surface area contributed by atoms with Crippen LogP contribution in [0.3, 0.4) is 0 Å². The third-order valence-electron chi connectivity index (χ3n) is 10.3. The van der Waals surface area contributed by atoms with E-state index >= 15 is 0 Å². The van der Waals surface area contributed by atoms with Gasteiger partial charge in [0.25, 0.3) is 0 Å².